The maximum absolute atomic E-state index is 12.0. The van der Waals surface area contributed by atoms with Crippen molar-refractivity contribution in [3.63, 3.8) is 0 Å². The Morgan fingerprint density at radius 1 is 1.21 bits per heavy atom. The number of methoxy groups -OCH3 is 1. The molecule has 2 aromatic rings. The minimum absolute atomic E-state index is 0. The highest BCUT2D eigenvalue weighted by atomic mass is 35.5. The number of nitrogens with two attached hydrogens (primary N) is 1. The molecule has 6 heteroatoms. The van der Waals surface area contributed by atoms with E-state index in [2.05, 4.69) is 5.32 Å². The lowest BCUT2D eigenvalue weighted by Gasteiger charge is -2.12. The molecule has 0 saturated carbocycles. The lowest BCUT2D eigenvalue weighted by molar-refractivity contribution is -0.116. The van der Waals surface area contributed by atoms with Crippen LogP contribution in [0.3, 0.4) is 0 Å². The number of aryl methyl sites for hydroxylation is 1. The molecule has 0 aromatic heterocycles. The second-order valence-electron chi connectivity index (χ2n) is 5.30. The van der Waals surface area contributed by atoms with Crippen LogP contribution >= 0.6 is 12.4 Å². The molecule has 0 aliphatic rings. The van der Waals surface area contributed by atoms with Gasteiger partial charge in [0.25, 0.3) is 0 Å². The first-order chi connectivity index (χ1) is 11.0. The number of halogens is 1. The zero-order valence-electron chi connectivity index (χ0n) is 14.1. The lowest BCUT2D eigenvalue weighted by Crippen LogP contribution is -2.16. The van der Waals surface area contributed by atoms with Gasteiger partial charge in [0.2, 0.25) is 5.91 Å². The topological polar surface area (TPSA) is 73.6 Å². The van der Waals surface area contributed by atoms with Crippen molar-refractivity contribution in [1.29, 1.82) is 0 Å². The summed E-state index contributed by atoms with van der Waals surface area (Å²) in [6.07, 6.45) is 0.240. The van der Waals surface area contributed by atoms with E-state index in [4.69, 9.17) is 15.2 Å². The van der Waals surface area contributed by atoms with E-state index < -0.39 is 0 Å². The highest BCUT2D eigenvalue weighted by Gasteiger charge is 2.08. The molecule has 130 valence electrons. The maximum Gasteiger partial charge on any atom is 0.227 e. The SMILES string of the molecule is COc1ccc(N)c(NC(=O)CCOc2cccc(C)c2C)c1.Cl. The van der Waals surface area contributed by atoms with Crippen molar-refractivity contribution >= 4 is 29.7 Å². The highest BCUT2D eigenvalue weighted by Crippen LogP contribution is 2.24. The molecule has 2 rings (SSSR count). The molecule has 1 amide bonds. The van der Waals surface area contributed by atoms with Crippen molar-refractivity contribution in [2.45, 2.75) is 20.3 Å². The van der Waals surface area contributed by atoms with Crippen LogP contribution in [0, 0.1) is 13.8 Å². The lowest BCUT2D eigenvalue weighted by atomic mass is 10.1. The number of ether oxygens (including phenoxy) is 2. The predicted octanol–water partition coefficient (Wildman–Crippen LogP) is 3.72. The summed E-state index contributed by atoms with van der Waals surface area (Å²) in [5.74, 6) is 1.29. The third-order valence-corrected chi connectivity index (χ3v) is 3.68. The van der Waals surface area contributed by atoms with Gasteiger partial charge in [0.15, 0.2) is 0 Å². The Labute approximate surface area is 148 Å². The molecule has 0 unspecified atom stereocenters. The van der Waals surface area contributed by atoms with Crippen LogP contribution in [0.25, 0.3) is 0 Å². The van der Waals surface area contributed by atoms with Gasteiger partial charge in [-0.1, -0.05) is 12.1 Å². The van der Waals surface area contributed by atoms with Crippen LogP contribution < -0.4 is 20.5 Å². The van der Waals surface area contributed by atoms with E-state index in [9.17, 15) is 4.79 Å². The zero-order valence-corrected chi connectivity index (χ0v) is 14.9. The number of nitrogens with one attached hydrogen (secondary N) is 1. The van der Waals surface area contributed by atoms with E-state index in [1.165, 1.54) is 0 Å². The molecule has 0 atom stereocenters. The van der Waals surface area contributed by atoms with Crippen molar-refractivity contribution in [1.82, 2.24) is 0 Å². The number of carbonyl (C=O) groups excluding carboxylic acids is 1. The summed E-state index contributed by atoms with van der Waals surface area (Å²) in [4.78, 5) is 12.0. The van der Waals surface area contributed by atoms with Gasteiger partial charge in [-0.2, -0.15) is 0 Å². The molecule has 0 saturated heterocycles. The van der Waals surface area contributed by atoms with Gasteiger partial charge in [-0.05, 0) is 43.2 Å². The summed E-state index contributed by atoms with van der Waals surface area (Å²) >= 11 is 0. The van der Waals surface area contributed by atoms with Gasteiger partial charge in [-0.3, -0.25) is 4.79 Å². The second kappa shape index (κ2) is 9.03. The Morgan fingerprint density at radius 3 is 2.67 bits per heavy atom. The first-order valence-corrected chi connectivity index (χ1v) is 7.43. The quantitative estimate of drug-likeness (QED) is 0.778. The molecule has 0 aliphatic carbocycles. The second-order valence-corrected chi connectivity index (χ2v) is 5.30. The Bertz CT molecular complexity index is 705. The molecule has 0 bridgehead atoms. The minimum Gasteiger partial charge on any atom is -0.497 e. The third-order valence-electron chi connectivity index (χ3n) is 3.68. The number of anilines is 2. The number of benzene rings is 2. The number of hydrogen-bond donors (Lipinski definition) is 2. The summed E-state index contributed by atoms with van der Waals surface area (Å²) in [6, 6.07) is 11.0. The smallest absolute Gasteiger partial charge is 0.227 e. The normalized spacial score (nSPS) is 9.79. The van der Waals surface area contributed by atoms with Gasteiger partial charge in [0.1, 0.15) is 11.5 Å². The number of carbonyl (C=O) groups is 1. The van der Waals surface area contributed by atoms with E-state index in [0.717, 1.165) is 16.9 Å². The van der Waals surface area contributed by atoms with Gasteiger partial charge < -0.3 is 20.5 Å². The van der Waals surface area contributed by atoms with Crippen LogP contribution in [-0.2, 0) is 4.79 Å². The first-order valence-electron chi connectivity index (χ1n) is 7.43. The maximum atomic E-state index is 12.0. The average molecular weight is 351 g/mol. The fraction of sp³-hybridized carbons (Fsp3) is 0.278. The van der Waals surface area contributed by atoms with Crippen LogP contribution in [0.2, 0.25) is 0 Å². The molecule has 2 aromatic carbocycles. The largest absolute Gasteiger partial charge is 0.497 e. The average Bonchev–Trinajstić information content (AvgIpc) is 2.53. The molecule has 0 fully saturated rings. The molecule has 0 radical (unpaired) electrons. The summed E-state index contributed by atoms with van der Waals surface area (Å²) in [5, 5.41) is 2.77. The number of rotatable bonds is 6. The molecule has 24 heavy (non-hydrogen) atoms. The Kier molecular flexibility index (Phi) is 7.39. The van der Waals surface area contributed by atoms with Gasteiger partial charge in [0.05, 0.1) is 31.5 Å². The predicted molar refractivity (Wildman–Crippen MR) is 99.3 cm³/mol. The first kappa shape index (κ1) is 19.6. The van der Waals surface area contributed by atoms with E-state index in [1.54, 1.807) is 25.3 Å². The standard InChI is InChI=1S/C18H22N2O3.ClH/c1-12-5-4-6-17(13(12)2)23-10-9-18(21)20-16-11-14(22-3)7-8-15(16)19;/h4-8,11H,9-10,19H2,1-3H3,(H,20,21);1H. The Hall–Kier alpha value is -2.40. The fourth-order valence-electron chi connectivity index (χ4n) is 2.12. The van der Waals surface area contributed by atoms with Crippen LogP contribution in [0.5, 0.6) is 11.5 Å². The van der Waals surface area contributed by atoms with E-state index in [0.29, 0.717) is 23.7 Å². The fourth-order valence-corrected chi connectivity index (χ4v) is 2.12. The van der Waals surface area contributed by atoms with Gasteiger partial charge in [-0.25, -0.2) is 0 Å². The third kappa shape index (κ3) is 5.06. The van der Waals surface area contributed by atoms with Crippen LogP contribution in [-0.4, -0.2) is 19.6 Å². The molecule has 0 aliphatic heterocycles. The molecule has 0 spiro atoms. The summed E-state index contributed by atoms with van der Waals surface area (Å²) in [7, 11) is 1.56. The number of nitrogen functional groups attached to an aromatic ring is 1. The van der Waals surface area contributed by atoms with E-state index >= 15 is 0 Å². The van der Waals surface area contributed by atoms with E-state index in [-0.39, 0.29) is 24.7 Å². The number of amides is 1. The van der Waals surface area contributed by atoms with Crippen molar-refractivity contribution in [2.75, 3.05) is 24.8 Å². The van der Waals surface area contributed by atoms with Crippen molar-refractivity contribution in [2.24, 2.45) is 0 Å². The Morgan fingerprint density at radius 2 is 1.96 bits per heavy atom. The van der Waals surface area contributed by atoms with Crippen molar-refractivity contribution < 1.29 is 14.3 Å². The van der Waals surface area contributed by atoms with Crippen LogP contribution in [0.15, 0.2) is 36.4 Å². The van der Waals surface area contributed by atoms with E-state index in [1.807, 2.05) is 32.0 Å². The molecular weight excluding hydrogens is 328 g/mol. The molecule has 5 nitrogen and oxygen atoms in total. The minimum atomic E-state index is -0.157. The highest BCUT2D eigenvalue weighted by molar-refractivity contribution is 5.94. The Balaban J connectivity index is 0.00000288. The zero-order chi connectivity index (χ0) is 16.8. The van der Waals surface area contributed by atoms with Crippen molar-refractivity contribution in [3.05, 3.63) is 47.5 Å². The summed E-state index contributed by atoms with van der Waals surface area (Å²) in [5.41, 5.74) is 9.14. The van der Waals surface area contributed by atoms with Crippen molar-refractivity contribution in [3.8, 4) is 11.5 Å². The monoisotopic (exact) mass is 350 g/mol. The number of hydrogen-bond acceptors (Lipinski definition) is 4. The van der Waals surface area contributed by atoms with Gasteiger partial charge >= 0.3 is 0 Å². The molecular formula is C18H23ClN2O3. The van der Waals surface area contributed by atoms with Crippen LogP contribution in [0.4, 0.5) is 11.4 Å². The summed E-state index contributed by atoms with van der Waals surface area (Å²) < 4.78 is 10.8. The van der Waals surface area contributed by atoms with Crippen LogP contribution in [0.1, 0.15) is 17.5 Å². The molecule has 0 heterocycles. The molecule has 3 N–H and O–H groups in total. The summed E-state index contributed by atoms with van der Waals surface area (Å²) in [6.45, 7) is 4.34. The van der Waals surface area contributed by atoms with Gasteiger partial charge in [-0.15, -0.1) is 12.4 Å². The van der Waals surface area contributed by atoms with Gasteiger partial charge in [0, 0.05) is 6.07 Å².